The highest BCUT2D eigenvalue weighted by molar-refractivity contribution is 6.08. The predicted octanol–water partition coefficient (Wildman–Crippen LogP) is 3.35. The Morgan fingerprint density at radius 2 is 2.00 bits per heavy atom. The van der Waals surface area contributed by atoms with Crippen molar-refractivity contribution in [3.05, 3.63) is 59.7 Å². The standard InChI is InChI=1S/C24H28N2O4/c1-3-13-26-21-8-5-4-7-19(21)16-24(23(26)28)17(2)30-22(25-24)18-9-11-20(12-10-18)29-15-6-14-27/h4-5,7-12,17,27H,3,6,13-16H2,1-2H3/t17-,24-/m1/s1. The van der Waals surface area contributed by atoms with E-state index in [1.807, 2.05) is 54.3 Å². The normalized spacial score (nSPS) is 22.6. The Balaban J connectivity index is 1.64. The van der Waals surface area contributed by atoms with Crippen molar-refractivity contribution in [1.82, 2.24) is 0 Å². The molecule has 6 nitrogen and oxygen atoms in total. The van der Waals surface area contributed by atoms with Gasteiger partial charge >= 0.3 is 0 Å². The van der Waals surface area contributed by atoms with Crippen molar-refractivity contribution in [2.75, 3.05) is 24.7 Å². The quantitative estimate of drug-likeness (QED) is 0.713. The summed E-state index contributed by atoms with van der Waals surface area (Å²) in [6, 6.07) is 15.6. The summed E-state index contributed by atoms with van der Waals surface area (Å²) in [6.07, 6.45) is 1.65. The average molecular weight is 408 g/mol. The van der Waals surface area contributed by atoms with E-state index in [9.17, 15) is 4.79 Å². The molecule has 0 radical (unpaired) electrons. The molecule has 1 spiro atoms. The van der Waals surface area contributed by atoms with Crippen LogP contribution in [0.2, 0.25) is 0 Å². The second-order valence-corrected chi connectivity index (χ2v) is 7.81. The third kappa shape index (κ3) is 3.56. The fourth-order valence-corrected chi connectivity index (χ4v) is 4.13. The van der Waals surface area contributed by atoms with Crippen LogP contribution in [0.4, 0.5) is 5.69 Å². The van der Waals surface area contributed by atoms with Gasteiger partial charge in [0.2, 0.25) is 5.90 Å². The number of carbonyl (C=O) groups is 1. The predicted molar refractivity (Wildman–Crippen MR) is 116 cm³/mol. The molecule has 2 aromatic rings. The van der Waals surface area contributed by atoms with E-state index in [1.54, 1.807) is 0 Å². The molecule has 0 fully saturated rings. The van der Waals surface area contributed by atoms with Gasteiger partial charge in [-0.1, -0.05) is 25.1 Å². The van der Waals surface area contributed by atoms with Crippen molar-refractivity contribution in [1.29, 1.82) is 0 Å². The number of hydrogen-bond acceptors (Lipinski definition) is 5. The SMILES string of the molecule is CCCN1C(=O)[C@]2(Cc3ccccc31)N=C(c1ccc(OCCCO)cc1)O[C@@H]2C. The van der Waals surface area contributed by atoms with E-state index in [-0.39, 0.29) is 18.6 Å². The lowest BCUT2D eigenvalue weighted by atomic mass is 9.81. The van der Waals surface area contributed by atoms with E-state index in [4.69, 9.17) is 19.6 Å². The van der Waals surface area contributed by atoms with Crippen LogP contribution in [-0.4, -0.2) is 48.3 Å². The molecule has 0 unspecified atom stereocenters. The molecule has 1 amide bonds. The number of benzene rings is 2. The summed E-state index contributed by atoms with van der Waals surface area (Å²) in [4.78, 5) is 20.3. The number of carbonyl (C=O) groups excluding carboxylic acids is 1. The van der Waals surface area contributed by atoms with Crippen LogP contribution in [0.25, 0.3) is 0 Å². The van der Waals surface area contributed by atoms with Gasteiger partial charge in [0.15, 0.2) is 5.54 Å². The van der Waals surface area contributed by atoms with Gasteiger partial charge in [-0.15, -0.1) is 0 Å². The summed E-state index contributed by atoms with van der Waals surface area (Å²) in [5, 5.41) is 8.87. The van der Waals surface area contributed by atoms with Crippen molar-refractivity contribution in [3.63, 3.8) is 0 Å². The van der Waals surface area contributed by atoms with Gasteiger partial charge in [-0.25, -0.2) is 4.99 Å². The van der Waals surface area contributed by atoms with E-state index >= 15 is 0 Å². The molecule has 6 heteroatoms. The van der Waals surface area contributed by atoms with Gasteiger partial charge in [0, 0.05) is 37.2 Å². The number of aliphatic hydroxyl groups excluding tert-OH is 1. The maximum absolute atomic E-state index is 13.6. The molecule has 2 aliphatic rings. The fraction of sp³-hybridized carbons (Fsp3) is 0.417. The Kier molecular flexibility index (Phi) is 5.77. The fourth-order valence-electron chi connectivity index (χ4n) is 4.13. The Bertz CT molecular complexity index is 940. The van der Waals surface area contributed by atoms with Crippen LogP contribution in [0, 0.1) is 0 Å². The molecule has 1 N–H and O–H groups in total. The van der Waals surface area contributed by atoms with Crippen LogP contribution in [-0.2, 0) is 16.0 Å². The number of hydrogen-bond donors (Lipinski definition) is 1. The highest BCUT2D eigenvalue weighted by Crippen LogP contribution is 2.41. The zero-order chi connectivity index (χ0) is 21.1. The third-order valence-electron chi connectivity index (χ3n) is 5.74. The third-order valence-corrected chi connectivity index (χ3v) is 5.74. The van der Waals surface area contributed by atoms with Gasteiger partial charge in [-0.3, -0.25) is 4.79 Å². The number of nitrogens with zero attached hydrogens (tertiary/aromatic N) is 2. The van der Waals surface area contributed by atoms with Crippen LogP contribution < -0.4 is 9.64 Å². The number of fused-ring (bicyclic) bond motifs is 1. The zero-order valence-corrected chi connectivity index (χ0v) is 17.5. The first-order valence-corrected chi connectivity index (χ1v) is 10.6. The van der Waals surface area contributed by atoms with Crippen molar-refractivity contribution >= 4 is 17.5 Å². The van der Waals surface area contributed by atoms with E-state index in [1.165, 1.54) is 0 Å². The molecule has 0 saturated heterocycles. The molecule has 2 aromatic carbocycles. The monoisotopic (exact) mass is 408 g/mol. The highest BCUT2D eigenvalue weighted by Gasteiger charge is 2.54. The van der Waals surface area contributed by atoms with Gasteiger partial charge < -0.3 is 19.5 Å². The van der Waals surface area contributed by atoms with E-state index in [0.717, 1.165) is 29.0 Å². The summed E-state index contributed by atoms with van der Waals surface area (Å²) >= 11 is 0. The van der Waals surface area contributed by atoms with Crippen molar-refractivity contribution in [2.24, 2.45) is 4.99 Å². The Labute approximate surface area is 177 Å². The summed E-state index contributed by atoms with van der Waals surface area (Å²) in [5.41, 5.74) is 1.99. The smallest absolute Gasteiger partial charge is 0.259 e. The minimum atomic E-state index is -0.935. The maximum Gasteiger partial charge on any atom is 0.259 e. The number of anilines is 1. The molecular weight excluding hydrogens is 380 g/mol. The number of para-hydroxylation sites is 1. The number of rotatable bonds is 7. The molecule has 4 rings (SSSR count). The lowest BCUT2D eigenvalue weighted by molar-refractivity contribution is -0.126. The molecule has 2 aliphatic heterocycles. The summed E-state index contributed by atoms with van der Waals surface area (Å²) in [6.45, 7) is 5.24. The average Bonchev–Trinajstić information content (AvgIpc) is 3.09. The van der Waals surface area contributed by atoms with Crippen molar-refractivity contribution in [3.8, 4) is 5.75 Å². The van der Waals surface area contributed by atoms with Gasteiger partial charge in [0.05, 0.1) is 6.61 Å². The molecule has 2 heterocycles. The Hall–Kier alpha value is -2.86. The second-order valence-electron chi connectivity index (χ2n) is 7.81. The molecule has 30 heavy (non-hydrogen) atoms. The van der Waals surface area contributed by atoms with Gasteiger partial charge in [-0.2, -0.15) is 0 Å². The number of aliphatic imine (C=N–C) groups is 1. The molecule has 2 atom stereocenters. The first-order valence-electron chi connectivity index (χ1n) is 10.6. The topological polar surface area (TPSA) is 71.4 Å². The van der Waals surface area contributed by atoms with E-state index < -0.39 is 5.54 Å². The van der Waals surface area contributed by atoms with E-state index in [0.29, 0.717) is 31.9 Å². The lowest BCUT2D eigenvalue weighted by Gasteiger charge is -2.39. The van der Waals surface area contributed by atoms with Gasteiger partial charge in [-0.05, 0) is 49.2 Å². The number of amides is 1. The van der Waals surface area contributed by atoms with Crippen molar-refractivity contribution < 1.29 is 19.4 Å². The Morgan fingerprint density at radius 1 is 1.23 bits per heavy atom. The van der Waals surface area contributed by atoms with Crippen LogP contribution in [0.1, 0.15) is 37.8 Å². The molecular formula is C24H28N2O4. The summed E-state index contributed by atoms with van der Waals surface area (Å²) in [5.74, 6) is 1.23. The zero-order valence-electron chi connectivity index (χ0n) is 17.5. The molecule has 0 aliphatic carbocycles. The van der Waals surface area contributed by atoms with Crippen LogP contribution >= 0.6 is 0 Å². The highest BCUT2D eigenvalue weighted by atomic mass is 16.5. The largest absolute Gasteiger partial charge is 0.494 e. The maximum atomic E-state index is 13.6. The van der Waals surface area contributed by atoms with E-state index in [2.05, 4.69) is 13.0 Å². The second kappa shape index (κ2) is 8.48. The number of aliphatic hydroxyl groups is 1. The van der Waals surface area contributed by atoms with Crippen LogP contribution in [0.3, 0.4) is 0 Å². The van der Waals surface area contributed by atoms with Gasteiger partial charge in [0.1, 0.15) is 11.9 Å². The molecule has 0 bridgehead atoms. The van der Waals surface area contributed by atoms with Crippen molar-refractivity contribution in [2.45, 2.75) is 44.8 Å². The van der Waals surface area contributed by atoms with Crippen LogP contribution in [0.15, 0.2) is 53.5 Å². The number of ether oxygens (including phenoxy) is 2. The molecule has 0 saturated carbocycles. The van der Waals surface area contributed by atoms with Crippen LogP contribution in [0.5, 0.6) is 5.75 Å². The molecule has 0 aromatic heterocycles. The first-order chi connectivity index (χ1) is 14.6. The minimum Gasteiger partial charge on any atom is -0.494 e. The molecule has 158 valence electrons. The first kappa shape index (κ1) is 20.4. The minimum absolute atomic E-state index is 0.00880. The van der Waals surface area contributed by atoms with Gasteiger partial charge in [0.25, 0.3) is 5.91 Å². The summed E-state index contributed by atoms with van der Waals surface area (Å²) in [7, 11) is 0. The summed E-state index contributed by atoms with van der Waals surface area (Å²) < 4.78 is 11.7. The lowest BCUT2D eigenvalue weighted by Crippen LogP contribution is -2.57. The Morgan fingerprint density at radius 3 is 2.73 bits per heavy atom.